The van der Waals surface area contributed by atoms with Gasteiger partial charge in [0.15, 0.2) is 0 Å². The average molecular weight is 327 g/mol. The van der Waals surface area contributed by atoms with Crippen LogP contribution >= 0.6 is 66.5 Å². The Morgan fingerprint density at radius 2 is 0.818 bits per heavy atom. The van der Waals surface area contributed by atoms with E-state index < -0.39 is 18.2 Å². The minimum absolute atomic E-state index is 1.82. The van der Waals surface area contributed by atoms with Gasteiger partial charge in [-0.25, -0.2) is 0 Å². The van der Waals surface area contributed by atoms with E-state index in [2.05, 4.69) is 0 Å². The van der Waals surface area contributed by atoms with Crippen molar-refractivity contribution < 1.29 is 0 Å². The molecule has 0 rings (SSSR count). The van der Waals surface area contributed by atoms with Gasteiger partial charge in [-0.05, 0) is 0 Å². The first kappa shape index (κ1) is 13.4. The Morgan fingerprint density at radius 1 is 0.636 bits per heavy atom. The molecule has 0 saturated carbocycles. The normalized spacial score (nSPS) is 15.3. The molecule has 11 heavy (non-hydrogen) atoms. The summed E-state index contributed by atoms with van der Waals surface area (Å²) in [6.45, 7) is 3.65. The number of halogens is 6. The molecular formula is C2H6Cl6Si3. The molecule has 0 radical (unpaired) electrons. The van der Waals surface area contributed by atoms with Crippen LogP contribution in [0.3, 0.4) is 0 Å². The average Bonchev–Trinajstić information content (AvgIpc) is 1.58. The first-order valence-electron chi connectivity index (χ1n) is 2.63. The van der Waals surface area contributed by atoms with Crippen molar-refractivity contribution in [2.75, 3.05) is 0 Å². The van der Waals surface area contributed by atoms with Crippen molar-refractivity contribution in [2.45, 2.75) is 13.1 Å². The molecular weight excluding hydrogens is 321 g/mol. The molecule has 0 bridgehead atoms. The molecule has 9 heteroatoms. The lowest BCUT2D eigenvalue weighted by Crippen LogP contribution is -2.61. The Hall–Kier alpha value is 2.39. The first-order valence-corrected chi connectivity index (χ1v) is 17.7. The van der Waals surface area contributed by atoms with Gasteiger partial charge in [-0.1, -0.05) is 13.1 Å². The molecule has 0 spiro atoms. The summed E-state index contributed by atoms with van der Waals surface area (Å²) in [6, 6.07) is 0. The second-order valence-corrected chi connectivity index (χ2v) is 40.8. The maximum atomic E-state index is 5.82. The number of hydrogen-bond donors (Lipinski definition) is 0. The summed E-state index contributed by atoms with van der Waals surface area (Å²) in [5.74, 6) is 0. The zero-order valence-electron chi connectivity index (χ0n) is 5.77. The van der Waals surface area contributed by atoms with E-state index in [1.165, 1.54) is 0 Å². The third-order valence-corrected chi connectivity index (χ3v) is 53.6. The molecule has 0 unspecified atom stereocenters. The van der Waals surface area contributed by atoms with Crippen molar-refractivity contribution in [3.63, 3.8) is 0 Å². The fraction of sp³-hybridized carbons (Fsp3) is 1.00. The molecule has 0 atom stereocenters. The van der Waals surface area contributed by atoms with E-state index in [1.54, 1.807) is 0 Å². The molecule has 0 aliphatic rings. The van der Waals surface area contributed by atoms with Gasteiger partial charge in [-0.15, -0.1) is 66.5 Å². The smallest absolute Gasteiger partial charge is 0.130 e. The molecule has 0 aliphatic heterocycles. The molecule has 0 aromatic heterocycles. The quantitative estimate of drug-likeness (QED) is 0.528. The van der Waals surface area contributed by atoms with E-state index in [0.717, 1.165) is 0 Å². The largest absolute Gasteiger partial charge is 0.326 e. The van der Waals surface area contributed by atoms with E-state index in [1.807, 2.05) is 13.1 Å². The van der Waals surface area contributed by atoms with Crippen LogP contribution in [0.1, 0.15) is 0 Å². The number of hydrogen-bond acceptors (Lipinski definition) is 0. The SMILES string of the molecule is C[Si](C)([Si](Cl)(Cl)Cl)[Si](Cl)(Cl)Cl. The van der Waals surface area contributed by atoms with Crippen molar-refractivity contribution in [3.8, 4) is 0 Å². The maximum absolute atomic E-state index is 5.82. The molecule has 0 aliphatic carbocycles. The monoisotopic (exact) mass is 324 g/mol. The zero-order valence-corrected chi connectivity index (χ0v) is 13.3. The van der Waals surface area contributed by atoms with Crippen LogP contribution in [-0.2, 0) is 0 Å². The highest BCUT2D eigenvalue weighted by Crippen LogP contribution is 2.42. The minimum atomic E-state index is -2.80. The fourth-order valence-electron chi connectivity index (χ4n) is 0.161. The third kappa shape index (κ3) is 3.22. The second-order valence-electron chi connectivity index (χ2n) is 2.62. The van der Waals surface area contributed by atoms with Crippen molar-refractivity contribution in [1.29, 1.82) is 0 Å². The van der Waals surface area contributed by atoms with Crippen molar-refractivity contribution in [1.82, 2.24) is 0 Å². The van der Waals surface area contributed by atoms with Crippen LogP contribution in [0, 0.1) is 0 Å². The molecule has 0 N–H and O–H groups in total. The lowest BCUT2D eigenvalue weighted by Gasteiger charge is -2.32. The Morgan fingerprint density at radius 3 is 0.818 bits per heavy atom. The fourth-order valence-corrected chi connectivity index (χ4v) is 39.1. The van der Waals surface area contributed by atoms with Gasteiger partial charge in [0.2, 0.25) is 0 Å². The van der Waals surface area contributed by atoms with Gasteiger partial charge >= 0.3 is 11.0 Å². The molecule has 0 aromatic rings. The van der Waals surface area contributed by atoms with Gasteiger partial charge in [0.1, 0.15) is 7.11 Å². The van der Waals surface area contributed by atoms with Crippen LogP contribution in [0.4, 0.5) is 0 Å². The standard InChI is InChI=1S/C2H6Cl6Si3/c1-9(2,10(3,4)5)11(6,7)8/h1-2H3. The summed E-state index contributed by atoms with van der Waals surface area (Å²) in [5.41, 5.74) is -5.60. The van der Waals surface area contributed by atoms with Gasteiger partial charge in [-0.3, -0.25) is 0 Å². The van der Waals surface area contributed by atoms with Crippen molar-refractivity contribution in [2.24, 2.45) is 0 Å². The maximum Gasteiger partial charge on any atom is 0.326 e. The molecule has 0 saturated heterocycles. The van der Waals surface area contributed by atoms with Gasteiger partial charge in [0.05, 0.1) is 0 Å². The highest BCUT2D eigenvalue weighted by atomic mass is 35.9. The van der Waals surface area contributed by atoms with E-state index >= 15 is 0 Å². The summed E-state index contributed by atoms with van der Waals surface area (Å²) in [7, 11) is -2.24. The summed E-state index contributed by atoms with van der Waals surface area (Å²) in [6.07, 6.45) is 0. The summed E-state index contributed by atoms with van der Waals surface area (Å²) >= 11 is 34.9. The molecule has 0 aromatic carbocycles. The Kier molecular flexibility index (Phi) is 4.71. The van der Waals surface area contributed by atoms with Gasteiger partial charge < -0.3 is 0 Å². The van der Waals surface area contributed by atoms with Gasteiger partial charge in [-0.2, -0.15) is 0 Å². The highest BCUT2D eigenvalue weighted by Gasteiger charge is 2.60. The van der Waals surface area contributed by atoms with Crippen LogP contribution in [0.25, 0.3) is 0 Å². The van der Waals surface area contributed by atoms with Crippen LogP contribution in [0.15, 0.2) is 0 Å². The molecule has 0 nitrogen and oxygen atoms in total. The number of rotatable bonds is 2. The lowest BCUT2D eigenvalue weighted by molar-refractivity contribution is 2.04. The first-order chi connectivity index (χ1) is 4.50. The van der Waals surface area contributed by atoms with Crippen molar-refractivity contribution in [3.05, 3.63) is 0 Å². The predicted octanol–water partition coefficient (Wildman–Crippen LogP) is 4.16. The van der Waals surface area contributed by atoms with Crippen LogP contribution < -0.4 is 0 Å². The summed E-state index contributed by atoms with van der Waals surface area (Å²) < 4.78 is 0. The highest BCUT2D eigenvalue weighted by molar-refractivity contribution is 8.11. The van der Waals surface area contributed by atoms with Crippen molar-refractivity contribution >= 4 is 84.6 Å². The van der Waals surface area contributed by atoms with E-state index in [9.17, 15) is 0 Å². The Labute approximate surface area is 96.9 Å². The summed E-state index contributed by atoms with van der Waals surface area (Å²) in [5, 5.41) is 0. The van der Waals surface area contributed by atoms with Gasteiger partial charge in [0.25, 0.3) is 0 Å². The Balaban J connectivity index is 4.75. The van der Waals surface area contributed by atoms with Crippen LogP contribution in [0.5, 0.6) is 0 Å². The van der Waals surface area contributed by atoms with E-state index in [0.29, 0.717) is 0 Å². The lowest BCUT2D eigenvalue weighted by atomic mass is 11.9. The van der Waals surface area contributed by atoms with Crippen LogP contribution in [-0.4, -0.2) is 18.2 Å². The molecule has 0 fully saturated rings. The zero-order chi connectivity index (χ0) is 9.50. The molecule has 68 valence electrons. The van der Waals surface area contributed by atoms with Gasteiger partial charge in [0, 0.05) is 0 Å². The van der Waals surface area contributed by atoms with Crippen LogP contribution in [0.2, 0.25) is 13.1 Å². The Bertz CT molecular complexity index is 127. The topological polar surface area (TPSA) is 0 Å². The van der Waals surface area contributed by atoms with E-state index in [-0.39, 0.29) is 0 Å². The molecule has 0 heterocycles. The minimum Gasteiger partial charge on any atom is -0.130 e. The van der Waals surface area contributed by atoms with E-state index in [4.69, 9.17) is 66.5 Å². The second kappa shape index (κ2) is 3.87. The predicted molar refractivity (Wildman–Crippen MR) is 64.1 cm³/mol. The molecule has 0 amide bonds. The summed E-state index contributed by atoms with van der Waals surface area (Å²) in [4.78, 5) is 0. The third-order valence-electron chi connectivity index (χ3n) is 1.42.